The standard InChI is InChI=1S/C14H20N2O/c1-3-15-14(17)12-7-6-8-13(11(12)2)16-9-4-5-10-16/h6-8H,3-5,9-10H2,1-2H3,(H,15,17). The molecule has 0 spiro atoms. The van der Waals surface area contributed by atoms with Gasteiger partial charge in [-0.2, -0.15) is 0 Å². The molecule has 0 unspecified atom stereocenters. The van der Waals surface area contributed by atoms with Gasteiger partial charge in [-0.3, -0.25) is 4.79 Å². The number of nitrogens with zero attached hydrogens (tertiary/aromatic N) is 1. The Kier molecular flexibility index (Phi) is 3.67. The van der Waals surface area contributed by atoms with Crippen LogP contribution in [0, 0.1) is 6.92 Å². The van der Waals surface area contributed by atoms with Crippen LogP contribution in [0.2, 0.25) is 0 Å². The van der Waals surface area contributed by atoms with Crippen LogP contribution in [0.5, 0.6) is 0 Å². The summed E-state index contributed by atoms with van der Waals surface area (Å²) < 4.78 is 0. The number of rotatable bonds is 3. The van der Waals surface area contributed by atoms with E-state index in [4.69, 9.17) is 0 Å². The highest BCUT2D eigenvalue weighted by molar-refractivity contribution is 5.97. The van der Waals surface area contributed by atoms with Gasteiger partial charge >= 0.3 is 0 Å². The molecule has 1 aromatic carbocycles. The van der Waals surface area contributed by atoms with Gasteiger partial charge in [0.2, 0.25) is 0 Å². The lowest BCUT2D eigenvalue weighted by Crippen LogP contribution is -2.25. The average Bonchev–Trinajstić information content (AvgIpc) is 2.83. The highest BCUT2D eigenvalue weighted by Crippen LogP contribution is 2.26. The highest BCUT2D eigenvalue weighted by atomic mass is 16.1. The van der Waals surface area contributed by atoms with Crippen LogP contribution >= 0.6 is 0 Å². The molecule has 3 heteroatoms. The number of nitrogens with one attached hydrogen (secondary N) is 1. The average molecular weight is 232 g/mol. The lowest BCUT2D eigenvalue weighted by atomic mass is 10.1. The van der Waals surface area contributed by atoms with E-state index in [1.165, 1.54) is 18.5 Å². The number of carbonyl (C=O) groups excluding carboxylic acids is 1. The molecule has 1 heterocycles. The minimum Gasteiger partial charge on any atom is -0.371 e. The smallest absolute Gasteiger partial charge is 0.251 e. The van der Waals surface area contributed by atoms with Crippen molar-refractivity contribution < 1.29 is 4.79 Å². The minimum atomic E-state index is 0.0334. The molecule has 0 radical (unpaired) electrons. The summed E-state index contributed by atoms with van der Waals surface area (Å²) in [7, 11) is 0. The summed E-state index contributed by atoms with van der Waals surface area (Å²) in [5, 5.41) is 2.86. The predicted molar refractivity (Wildman–Crippen MR) is 70.6 cm³/mol. The Morgan fingerprint density at radius 1 is 1.35 bits per heavy atom. The molecule has 17 heavy (non-hydrogen) atoms. The molecule has 1 N–H and O–H groups in total. The number of amides is 1. The third-order valence-electron chi connectivity index (χ3n) is 3.33. The third-order valence-corrected chi connectivity index (χ3v) is 3.33. The van der Waals surface area contributed by atoms with E-state index in [0.717, 1.165) is 24.2 Å². The van der Waals surface area contributed by atoms with Crippen molar-refractivity contribution in [1.29, 1.82) is 0 Å². The molecule has 1 fully saturated rings. The molecule has 0 bridgehead atoms. The second-order valence-corrected chi connectivity index (χ2v) is 4.50. The van der Waals surface area contributed by atoms with Gasteiger partial charge in [0.05, 0.1) is 0 Å². The van der Waals surface area contributed by atoms with Gasteiger partial charge in [-0.1, -0.05) is 6.07 Å². The summed E-state index contributed by atoms with van der Waals surface area (Å²) >= 11 is 0. The van der Waals surface area contributed by atoms with E-state index in [1.54, 1.807) is 0 Å². The van der Waals surface area contributed by atoms with Gasteiger partial charge in [0.15, 0.2) is 0 Å². The minimum absolute atomic E-state index is 0.0334. The number of benzene rings is 1. The van der Waals surface area contributed by atoms with Crippen molar-refractivity contribution in [3.63, 3.8) is 0 Å². The van der Waals surface area contributed by atoms with E-state index >= 15 is 0 Å². The first-order chi connectivity index (χ1) is 8.24. The molecule has 0 atom stereocenters. The van der Waals surface area contributed by atoms with E-state index in [1.807, 2.05) is 26.0 Å². The highest BCUT2D eigenvalue weighted by Gasteiger charge is 2.17. The Balaban J connectivity index is 2.29. The Morgan fingerprint density at radius 3 is 2.71 bits per heavy atom. The Labute approximate surface area is 103 Å². The third kappa shape index (κ3) is 2.43. The fourth-order valence-electron chi connectivity index (χ4n) is 2.43. The SMILES string of the molecule is CCNC(=O)c1cccc(N2CCCC2)c1C. The molecule has 1 amide bonds. The first-order valence-electron chi connectivity index (χ1n) is 6.36. The van der Waals surface area contributed by atoms with Crippen molar-refractivity contribution in [1.82, 2.24) is 5.32 Å². The maximum Gasteiger partial charge on any atom is 0.251 e. The van der Waals surface area contributed by atoms with E-state index in [9.17, 15) is 4.79 Å². The topological polar surface area (TPSA) is 32.3 Å². The van der Waals surface area contributed by atoms with Crippen LogP contribution in [0.3, 0.4) is 0 Å². The predicted octanol–water partition coefficient (Wildman–Crippen LogP) is 2.34. The second-order valence-electron chi connectivity index (χ2n) is 4.50. The van der Waals surface area contributed by atoms with Gasteiger partial charge in [-0.15, -0.1) is 0 Å². The second kappa shape index (κ2) is 5.21. The van der Waals surface area contributed by atoms with Gasteiger partial charge in [-0.05, 0) is 44.4 Å². The van der Waals surface area contributed by atoms with Crippen molar-refractivity contribution in [2.75, 3.05) is 24.5 Å². The van der Waals surface area contributed by atoms with Crippen LogP contribution in [0.4, 0.5) is 5.69 Å². The van der Waals surface area contributed by atoms with Crippen LogP contribution in [-0.2, 0) is 0 Å². The van der Waals surface area contributed by atoms with Crippen molar-refractivity contribution in [3.05, 3.63) is 29.3 Å². The van der Waals surface area contributed by atoms with E-state index in [0.29, 0.717) is 6.54 Å². The lowest BCUT2D eigenvalue weighted by Gasteiger charge is -2.21. The first kappa shape index (κ1) is 12.0. The van der Waals surface area contributed by atoms with Crippen LogP contribution in [0.1, 0.15) is 35.7 Å². The molecule has 2 rings (SSSR count). The molecule has 0 saturated carbocycles. The Morgan fingerprint density at radius 2 is 2.06 bits per heavy atom. The van der Waals surface area contributed by atoms with Crippen LogP contribution < -0.4 is 10.2 Å². The molecule has 1 aromatic rings. The maximum atomic E-state index is 11.9. The summed E-state index contributed by atoms with van der Waals surface area (Å²) in [6.45, 7) is 6.88. The number of hydrogen-bond donors (Lipinski definition) is 1. The van der Waals surface area contributed by atoms with E-state index < -0.39 is 0 Å². The van der Waals surface area contributed by atoms with Crippen molar-refractivity contribution in [2.24, 2.45) is 0 Å². The lowest BCUT2D eigenvalue weighted by molar-refractivity contribution is 0.0955. The zero-order valence-electron chi connectivity index (χ0n) is 10.6. The summed E-state index contributed by atoms with van der Waals surface area (Å²) in [4.78, 5) is 14.3. The summed E-state index contributed by atoms with van der Waals surface area (Å²) in [6.07, 6.45) is 2.51. The molecule has 92 valence electrons. The van der Waals surface area contributed by atoms with Crippen molar-refractivity contribution in [2.45, 2.75) is 26.7 Å². The summed E-state index contributed by atoms with van der Waals surface area (Å²) in [5.41, 5.74) is 3.11. The summed E-state index contributed by atoms with van der Waals surface area (Å²) in [6, 6.07) is 5.99. The molecule has 1 aliphatic heterocycles. The molecular formula is C14H20N2O. The van der Waals surface area contributed by atoms with Crippen LogP contribution in [0.25, 0.3) is 0 Å². The molecule has 1 aliphatic rings. The largest absolute Gasteiger partial charge is 0.371 e. The summed E-state index contributed by atoms with van der Waals surface area (Å²) in [5.74, 6) is 0.0334. The van der Waals surface area contributed by atoms with Gasteiger partial charge < -0.3 is 10.2 Å². The van der Waals surface area contributed by atoms with Crippen LogP contribution in [0.15, 0.2) is 18.2 Å². The Hall–Kier alpha value is -1.51. The van der Waals surface area contributed by atoms with Gasteiger partial charge in [0.1, 0.15) is 0 Å². The zero-order chi connectivity index (χ0) is 12.3. The zero-order valence-corrected chi connectivity index (χ0v) is 10.6. The number of hydrogen-bond acceptors (Lipinski definition) is 2. The van der Waals surface area contributed by atoms with E-state index in [-0.39, 0.29) is 5.91 Å². The normalized spacial score (nSPS) is 15.1. The Bertz CT molecular complexity index is 409. The van der Waals surface area contributed by atoms with Gasteiger partial charge in [-0.25, -0.2) is 0 Å². The molecule has 0 aliphatic carbocycles. The molecule has 3 nitrogen and oxygen atoms in total. The molecular weight excluding hydrogens is 212 g/mol. The van der Waals surface area contributed by atoms with Crippen LogP contribution in [-0.4, -0.2) is 25.5 Å². The van der Waals surface area contributed by atoms with Crippen molar-refractivity contribution >= 4 is 11.6 Å². The fraction of sp³-hybridized carbons (Fsp3) is 0.500. The van der Waals surface area contributed by atoms with Crippen molar-refractivity contribution in [3.8, 4) is 0 Å². The molecule has 0 aromatic heterocycles. The molecule has 1 saturated heterocycles. The quantitative estimate of drug-likeness (QED) is 0.867. The number of anilines is 1. The first-order valence-corrected chi connectivity index (χ1v) is 6.36. The van der Waals surface area contributed by atoms with Gasteiger partial charge in [0.25, 0.3) is 5.91 Å². The maximum absolute atomic E-state index is 11.9. The number of carbonyl (C=O) groups is 1. The van der Waals surface area contributed by atoms with E-state index in [2.05, 4.69) is 16.3 Å². The monoisotopic (exact) mass is 232 g/mol. The van der Waals surface area contributed by atoms with Gasteiger partial charge in [0, 0.05) is 30.9 Å². The fourth-order valence-corrected chi connectivity index (χ4v) is 2.43.